The van der Waals surface area contributed by atoms with Gasteiger partial charge in [0.1, 0.15) is 5.65 Å². The number of nitrogens with one attached hydrogen (secondary N) is 1. The highest BCUT2D eigenvalue weighted by molar-refractivity contribution is 8.00. The fraction of sp³-hybridized carbons (Fsp3) is 0.158. The number of rotatable bonds is 5. The van der Waals surface area contributed by atoms with E-state index in [0.29, 0.717) is 11.4 Å². The first-order valence-corrected chi connectivity index (χ1v) is 10.2. The summed E-state index contributed by atoms with van der Waals surface area (Å²) in [7, 11) is 0. The number of thioether (sulfide) groups is 1. The van der Waals surface area contributed by atoms with Gasteiger partial charge in [-0.05, 0) is 43.2 Å². The van der Waals surface area contributed by atoms with E-state index in [1.54, 1.807) is 12.3 Å². The first kappa shape index (κ1) is 17.7. The van der Waals surface area contributed by atoms with Gasteiger partial charge < -0.3 is 5.32 Å². The van der Waals surface area contributed by atoms with Gasteiger partial charge in [0.05, 0.1) is 5.69 Å². The average molecular weight is 396 g/mol. The molecule has 0 bridgehead atoms. The van der Waals surface area contributed by atoms with Crippen molar-refractivity contribution >= 4 is 39.6 Å². The molecule has 0 aliphatic rings. The van der Waals surface area contributed by atoms with Crippen LogP contribution in [-0.2, 0) is 5.75 Å². The largest absolute Gasteiger partial charge is 0.330 e. The highest BCUT2D eigenvalue weighted by Crippen LogP contribution is 2.30. The van der Waals surface area contributed by atoms with Crippen molar-refractivity contribution in [2.24, 2.45) is 0 Å². The molecule has 0 aliphatic heterocycles. The molecule has 0 saturated carbocycles. The Balaban J connectivity index is 1.47. The van der Waals surface area contributed by atoms with Crippen molar-refractivity contribution in [3.8, 4) is 0 Å². The minimum Gasteiger partial charge on any atom is -0.330 e. The molecule has 8 heteroatoms. The Kier molecular flexibility index (Phi) is 4.91. The van der Waals surface area contributed by atoms with E-state index in [9.17, 15) is 4.79 Å². The third-order valence-corrected chi connectivity index (χ3v) is 6.23. The zero-order valence-electron chi connectivity index (χ0n) is 14.8. The van der Waals surface area contributed by atoms with Crippen LogP contribution < -0.4 is 10.9 Å². The molecule has 1 N–H and O–H groups in total. The van der Waals surface area contributed by atoms with Gasteiger partial charge in [0.2, 0.25) is 5.13 Å². The summed E-state index contributed by atoms with van der Waals surface area (Å²) in [6.45, 7) is 4.17. The molecule has 0 fully saturated rings. The summed E-state index contributed by atoms with van der Waals surface area (Å²) in [6.07, 6.45) is 1.72. The van der Waals surface area contributed by atoms with Crippen molar-refractivity contribution in [2.75, 3.05) is 5.32 Å². The fourth-order valence-electron chi connectivity index (χ4n) is 2.63. The second-order valence-electron chi connectivity index (χ2n) is 6.05. The van der Waals surface area contributed by atoms with E-state index in [1.807, 2.05) is 30.3 Å². The smallest absolute Gasteiger partial charge is 0.258 e. The maximum atomic E-state index is 12.2. The van der Waals surface area contributed by atoms with Gasteiger partial charge in [0, 0.05) is 23.7 Å². The predicted molar refractivity (Wildman–Crippen MR) is 110 cm³/mol. The zero-order chi connectivity index (χ0) is 18.8. The maximum Gasteiger partial charge on any atom is 0.258 e. The number of benzene rings is 1. The van der Waals surface area contributed by atoms with Crippen LogP contribution in [0.25, 0.3) is 5.65 Å². The number of hydrogen-bond donors (Lipinski definition) is 1. The van der Waals surface area contributed by atoms with Crippen LogP contribution in [0, 0.1) is 13.8 Å². The number of aryl methyl sites for hydroxylation is 1. The Morgan fingerprint density at radius 2 is 2.04 bits per heavy atom. The lowest BCUT2D eigenvalue weighted by atomic mass is 10.1. The Morgan fingerprint density at radius 1 is 1.15 bits per heavy atom. The van der Waals surface area contributed by atoms with Crippen LogP contribution in [0.4, 0.5) is 10.8 Å². The first-order chi connectivity index (χ1) is 13.1. The molecule has 3 aromatic heterocycles. The van der Waals surface area contributed by atoms with E-state index < -0.39 is 0 Å². The van der Waals surface area contributed by atoms with Gasteiger partial charge in [-0.15, -0.1) is 10.2 Å². The lowest BCUT2D eigenvalue weighted by Gasteiger charge is -2.08. The number of anilines is 2. The van der Waals surface area contributed by atoms with Crippen LogP contribution in [0.15, 0.2) is 57.8 Å². The van der Waals surface area contributed by atoms with Gasteiger partial charge >= 0.3 is 0 Å². The lowest BCUT2D eigenvalue weighted by molar-refractivity contribution is 1.00. The number of hydrogen-bond acceptors (Lipinski definition) is 7. The first-order valence-electron chi connectivity index (χ1n) is 8.37. The van der Waals surface area contributed by atoms with Gasteiger partial charge in [0.15, 0.2) is 4.34 Å². The molecule has 0 radical (unpaired) electrons. The van der Waals surface area contributed by atoms with Crippen LogP contribution in [0.2, 0.25) is 0 Å². The monoisotopic (exact) mass is 395 g/mol. The fourth-order valence-corrected chi connectivity index (χ4v) is 4.29. The number of nitrogens with zero attached hydrogens (tertiary/aromatic N) is 4. The molecule has 1 aromatic carbocycles. The molecule has 3 heterocycles. The van der Waals surface area contributed by atoms with Crippen molar-refractivity contribution < 1.29 is 0 Å². The summed E-state index contributed by atoms with van der Waals surface area (Å²) in [5.41, 5.74) is 4.76. The molecular formula is C19H17N5OS2. The number of aromatic nitrogens is 4. The van der Waals surface area contributed by atoms with Crippen LogP contribution >= 0.6 is 23.1 Å². The van der Waals surface area contributed by atoms with Crippen molar-refractivity contribution in [1.29, 1.82) is 0 Å². The maximum absolute atomic E-state index is 12.2. The van der Waals surface area contributed by atoms with Crippen LogP contribution in [-0.4, -0.2) is 19.6 Å². The van der Waals surface area contributed by atoms with Gasteiger partial charge in [-0.3, -0.25) is 9.20 Å². The second-order valence-corrected chi connectivity index (χ2v) is 8.25. The Morgan fingerprint density at radius 3 is 2.93 bits per heavy atom. The van der Waals surface area contributed by atoms with Crippen molar-refractivity contribution in [3.63, 3.8) is 0 Å². The van der Waals surface area contributed by atoms with E-state index in [4.69, 9.17) is 0 Å². The summed E-state index contributed by atoms with van der Waals surface area (Å²) >= 11 is 3.01. The van der Waals surface area contributed by atoms with Gasteiger partial charge in [-0.1, -0.05) is 41.3 Å². The molecule has 0 amide bonds. The Labute approximate surface area is 164 Å². The molecule has 0 atom stereocenters. The summed E-state index contributed by atoms with van der Waals surface area (Å²) in [4.78, 5) is 16.7. The zero-order valence-corrected chi connectivity index (χ0v) is 16.5. The summed E-state index contributed by atoms with van der Waals surface area (Å²) in [6, 6.07) is 13.2. The third kappa shape index (κ3) is 3.86. The molecule has 27 heavy (non-hydrogen) atoms. The van der Waals surface area contributed by atoms with Crippen molar-refractivity contribution in [3.05, 3.63) is 75.8 Å². The van der Waals surface area contributed by atoms with Crippen molar-refractivity contribution in [2.45, 2.75) is 23.9 Å². The second kappa shape index (κ2) is 7.50. The van der Waals surface area contributed by atoms with Crippen LogP contribution in [0.5, 0.6) is 0 Å². The average Bonchev–Trinajstić information content (AvgIpc) is 3.11. The van der Waals surface area contributed by atoms with Crippen LogP contribution in [0.1, 0.15) is 16.8 Å². The Bertz CT molecular complexity index is 1170. The number of pyridine rings is 1. The molecule has 0 spiro atoms. The highest BCUT2D eigenvalue weighted by Gasteiger charge is 2.09. The summed E-state index contributed by atoms with van der Waals surface area (Å²) in [5, 5.41) is 12.5. The summed E-state index contributed by atoms with van der Waals surface area (Å²) in [5.74, 6) is 0.568. The van der Waals surface area contributed by atoms with E-state index in [0.717, 1.165) is 20.9 Å². The van der Waals surface area contributed by atoms with E-state index in [-0.39, 0.29) is 5.56 Å². The quantitative estimate of drug-likeness (QED) is 0.511. The molecule has 0 aliphatic carbocycles. The van der Waals surface area contributed by atoms with Crippen molar-refractivity contribution in [1.82, 2.24) is 19.6 Å². The molecule has 136 valence electrons. The molecular weight excluding hydrogens is 378 g/mol. The molecule has 4 rings (SSSR count). The minimum absolute atomic E-state index is 0.0780. The molecule has 4 aromatic rings. The highest BCUT2D eigenvalue weighted by atomic mass is 32.2. The SMILES string of the molecule is Cc1cccc(Nc2nnc(SCc3cc(=O)n4ccccc4n3)s2)c1C. The van der Waals surface area contributed by atoms with E-state index in [2.05, 4.69) is 40.4 Å². The van der Waals surface area contributed by atoms with Crippen LogP contribution in [0.3, 0.4) is 0 Å². The minimum atomic E-state index is -0.0780. The summed E-state index contributed by atoms with van der Waals surface area (Å²) < 4.78 is 2.36. The molecule has 0 saturated heterocycles. The van der Waals surface area contributed by atoms with E-state index in [1.165, 1.54) is 38.6 Å². The van der Waals surface area contributed by atoms with Gasteiger partial charge in [0.25, 0.3) is 5.56 Å². The molecule has 0 unspecified atom stereocenters. The Hall–Kier alpha value is -2.71. The van der Waals surface area contributed by atoms with Gasteiger partial charge in [-0.2, -0.15) is 0 Å². The lowest BCUT2D eigenvalue weighted by Crippen LogP contribution is -2.14. The standard InChI is InChI=1S/C19H17N5OS2/c1-12-6-5-7-15(13(12)2)21-18-22-23-19(27-18)26-11-14-10-17(25)24-9-4-3-8-16(24)20-14/h3-10H,11H2,1-2H3,(H,21,22). The third-order valence-electron chi connectivity index (χ3n) is 4.22. The predicted octanol–water partition coefficient (Wildman–Crippen LogP) is 4.20. The molecule has 6 nitrogen and oxygen atoms in total. The van der Waals surface area contributed by atoms with E-state index >= 15 is 0 Å². The topological polar surface area (TPSA) is 72.2 Å². The number of fused-ring (bicyclic) bond motifs is 1. The normalized spacial score (nSPS) is 11.0. The van der Waals surface area contributed by atoms with Gasteiger partial charge in [-0.25, -0.2) is 4.98 Å².